The maximum Gasteiger partial charge on any atom is 0.326 e. The van der Waals surface area contributed by atoms with E-state index >= 15 is 0 Å². The van der Waals surface area contributed by atoms with Crippen LogP contribution in [0.2, 0.25) is 0 Å². The highest BCUT2D eigenvalue weighted by atomic mass is 16.4. The maximum atomic E-state index is 12.9. The van der Waals surface area contributed by atoms with Gasteiger partial charge in [0.15, 0.2) is 0 Å². The van der Waals surface area contributed by atoms with Gasteiger partial charge in [-0.3, -0.25) is 14.4 Å². The minimum absolute atomic E-state index is 0.0736. The van der Waals surface area contributed by atoms with Gasteiger partial charge in [0.1, 0.15) is 18.1 Å². The van der Waals surface area contributed by atoms with E-state index in [1.807, 2.05) is 13.8 Å². The van der Waals surface area contributed by atoms with E-state index in [0.717, 1.165) is 13.0 Å². The van der Waals surface area contributed by atoms with Crippen LogP contribution in [-0.4, -0.2) is 69.5 Å². The van der Waals surface area contributed by atoms with Crippen LogP contribution in [0.15, 0.2) is 12.5 Å². The monoisotopic (exact) mass is 436 g/mol. The zero-order chi connectivity index (χ0) is 23.0. The number of carboxylic acid groups (broad SMARTS) is 1. The summed E-state index contributed by atoms with van der Waals surface area (Å²) in [7, 11) is 0. The van der Waals surface area contributed by atoms with Gasteiger partial charge < -0.3 is 31.4 Å². The lowest BCUT2D eigenvalue weighted by Crippen LogP contribution is -2.56. The number of aromatic nitrogens is 2. The average Bonchev–Trinajstić information content (AvgIpc) is 3.40. The number of nitrogens with zero attached hydrogens (tertiary/aromatic N) is 1. The van der Waals surface area contributed by atoms with E-state index in [1.54, 1.807) is 6.20 Å². The number of H-pyrrole nitrogens is 1. The van der Waals surface area contributed by atoms with Gasteiger partial charge in [0.05, 0.1) is 12.4 Å². The molecule has 1 aliphatic rings. The van der Waals surface area contributed by atoms with Crippen LogP contribution in [0.1, 0.15) is 45.7 Å². The Morgan fingerprint density at radius 2 is 1.87 bits per heavy atom. The Labute approximate surface area is 181 Å². The van der Waals surface area contributed by atoms with Gasteiger partial charge in [-0.25, -0.2) is 9.78 Å². The summed E-state index contributed by atoms with van der Waals surface area (Å²) in [5.41, 5.74) is 0.653. The van der Waals surface area contributed by atoms with Crippen LogP contribution in [0.5, 0.6) is 0 Å². The number of carboxylic acids is 1. The minimum Gasteiger partial charge on any atom is -0.480 e. The third-order valence-corrected chi connectivity index (χ3v) is 5.06. The van der Waals surface area contributed by atoms with Crippen molar-refractivity contribution in [2.45, 2.75) is 70.6 Å². The summed E-state index contributed by atoms with van der Waals surface area (Å²) >= 11 is 0. The zero-order valence-electron chi connectivity index (χ0n) is 18.1. The van der Waals surface area contributed by atoms with Crippen LogP contribution in [-0.2, 0) is 25.6 Å². The van der Waals surface area contributed by atoms with Crippen molar-refractivity contribution in [1.29, 1.82) is 0 Å². The predicted octanol–water partition coefficient (Wildman–Crippen LogP) is -0.691. The van der Waals surface area contributed by atoms with E-state index in [0.29, 0.717) is 12.1 Å². The van der Waals surface area contributed by atoms with Gasteiger partial charge in [0.2, 0.25) is 17.7 Å². The Kier molecular flexibility index (Phi) is 8.98. The first kappa shape index (κ1) is 24.3. The van der Waals surface area contributed by atoms with E-state index in [2.05, 4.69) is 31.2 Å². The third-order valence-electron chi connectivity index (χ3n) is 5.06. The Bertz CT molecular complexity index is 760. The molecule has 2 heterocycles. The number of hydrogen-bond acceptors (Lipinski definition) is 6. The molecule has 31 heavy (non-hydrogen) atoms. The highest BCUT2D eigenvalue weighted by Crippen LogP contribution is 2.08. The first-order valence-electron chi connectivity index (χ1n) is 10.5. The fraction of sp³-hybridized carbons (Fsp3) is 0.650. The summed E-state index contributed by atoms with van der Waals surface area (Å²) in [5.74, 6) is -2.49. The van der Waals surface area contributed by atoms with Crippen molar-refractivity contribution in [1.82, 2.24) is 31.2 Å². The quantitative estimate of drug-likeness (QED) is 0.267. The average molecular weight is 437 g/mol. The smallest absolute Gasteiger partial charge is 0.326 e. The Balaban J connectivity index is 2.00. The number of imidazole rings is 1. The molecule has 1 fully saturated rings. The Morgan fingerprint density at radius 3 is 2.42 bits per heavy atom. The molecule has 1 saturated heterocycles. The van der Waals surface area contributed by atoms with Gasteiger partial charge >= 0.3 is 5.97 Å². The van der Waals surface area contributed by atoms with E-state index in [4.69, 9.17) is 0 Å². The molecule has 0 radical (unpaired) electrons. The Hall–Kier alpha value is -2.95. The molecule has 1 aliphatic heterocycles. The Morgan fingerprint density at radius 1 is 1.13 bits per heavy atom. The molecule has 11 heteroatoms. The van der Waals surface area contributed by atoms with Crippen molar-refractivity contribution in [2.24, 2.45) is 5.92 Å². The molecule has 0 bridgehead atoms. The van der Waals surface area contributed by atoms with Crippen molar-refractivity contribution >= 4 is 23.7 Å². The summed E-state index contributed by atoms with van der Waals surface area (Å²) in [4.78, 5) is 56.0. The largest absolute Gasteiger partial charge is 0.480 e. The van der Waals surface area contributed by atoms with Crippen LogP contribution in [0.4, 0.5) is 0 Å². The lowest BCUT2D eigenvalue weighted by atomic mass is 10.0. The summed E-state index contributed by atoms with van der Waals surface area (Å²) in [6, 6.07) is -3.30. The van der Waals surface area contributed by atoms with Gasteiger partial charge in [-0.15, -0.1) is 0 Å². The van der Waals surface area contributed by atoms with Gasteiger partial charge in [0, 0.05) is 18.3 Å². The van der Waals surface area contributed by atoms with E-state index < -0.39 is 35.9 Å². The number of hydrogen-bond donors (Lipinski definition) is 6. The van der Waals surface area contributed by atoms with Crippen LogP contribution >= 0.6 is 0 Å². The zero-order valence-corrected chi connectivity index (χ0v) is 18.1. The second-order valence-corrected chi connectivity index (χ2v) is 8.25. The van der Waals surface area contributed by atoms with Crippen LogP contribution in [0, 0.1) is 5.92 Å². The molecule has 2 rings (SSSR count). The van der Waals surface area contributed by atoms with E-state index in [1.165, 1.54) is 13.3 Å². The summed E-state index contributed by atoms with van der Waals surface area (Å²) in [6.07, 6.45) is 5.04. The molecule has 1 aromatic rings. The standard InChI is InChI=1S/C20H32N6O5/c1-11(2)7-16(20(30)31)26-17(27)12(3)24-19(29)15(8-13-9-21-10-23-13)25-18(28)14-5-4-6-22-14/h9-12,14-16,22H,4-8H2,1-3H3,(H,21,23)(H,24,29)(H,25,28)(H,26,27)(H,30,31). The molecular formula is C20H32N6O5. The van der Waals surface area contributed by atoms with Gasteiger partial charge in [0.25, 0.3) is 0 Å². The number of amides is 3. The number of aliphatic carboxylic acids is 1. The number of rotatable bonds is 11. The molecule has 0 aliphatic carbocycles. The summed E-state index contributed by atoms with van der Waals surface area (Å²) in [6.45, 7) is 5.92. The first-order chi connectivity index (χ1) is 14.7. The fourth-order valence-corrected chi connectivity index (χ4v) is 3.38. The van der Waals surface area contributed by atoms with Crippen LogP contribution in [0.25, 0.3) is 0 Å². The van der Waals surface area contributed by atoms with Crippen LogP contribution < -0.4 is 21.3 Å². The topological polar surface area (TPSA) is 165 Å². The SMILES string of the molecule is CC(C)CC(NC(=O)C(C)NC(=O)C(Cc1cnc[nH]1)NC(=O)C1CCCN1)C(=O)O. The molecule has 6 N–H and O–H groups in total. The van der Waals surface area contributed by atoms with Crippen molar-refractivity contribution in [3.05, 3.63) is 18.2 Å². The number of carbonyl (C=O) groups excluding carboxylic acids is 3. The molecule has 11 nitrogen and oxygen atoms in total. The first-order valence-corrected chi connectivity index (χ1v) is 10.5. The molecule has 0 aromatic carbocycles. The van der Waals surface area contributed by atoms with Crippen LogP contribution in [0.3, 0.4) is 0 Å². The fourth-order valence-electron chi connectivity index (χ4n) is 3.38. The predicted molar refractivity (Wildman–Crippen MR) is 112 cm³/mol. The van der Waals surface area contributed by atoms with E-state index in [-0.39, 0.29) is 30.7 Å². The molecule has 0 saturated carbocycles. The van der Waals surface area contributed by atoms with Gasteiger partial charge in [-0.2, -0.15) is 0 Å². The van der Waals surface area contributed by atoms with Crippen molar-refractivity contribution < 1.29 is 24.3 Å². The number of carbonyl (C=O) groups is 4. The molecular weight excluding hydrogens is 404 g/mol. The van der Waals surface area contributed by atoms with Crippen molar-refractivity contribution in [3.63, 3.8) is 0 Å². The molecule has 4 atom stereocenters. The minimum atomic E-state index is -1.13. The van der Waals surface area contributed by atoms with Gasteiger partial charge in [-0.05, 0) is 38.6 Å². The molecule has 0 spiro atoms. The summed E-state index contributed by atoms with van der Waals surface area (Å²) in [5, 5.41) is 20.2. The molecule has 172 valence electrons. The summed E-state index contributed by atoms with van der Waals surface area (Å²) < 4.78 is 0. The lowest BCUT2D eigenvalue weighted by Gasteiger charge is -2.23. The number of aromatic amines is 1. The molecule has 3 amide bonds. The number of nitrogens with one attached hydrogen (secondary N) is 5. The van der Waals surface area contributed by atoms with E-state index in [9.17, 15) is 24.3 Å². The lowest BCUT2D eigenvalue weighted by molar-refractivity contribution is -0.142. The van der Waals surface area contributed by atoms with Crippen molar-refractivity contribution in [2.75, 3.05) is 6.54 Å². The third kappa shape index (κ3) is 7.67. The van der Waals surface area contributed by atoms with Crippen molar-refractivity contribution in [3.8, 4) is 0 Å². The second-order valence-electron chi connectivity index (χ2n) is 8.25. The normalized spacial score (nSPS) is 18.8. The van der Waals surface area contributed by atoms with Gasteiger partial charge in [-0.1, -0.05) is 13.8 Å². The second kappa shape index (κ2) is 11.4. The highest BCUT2D eigenvalue weighted by molar-refractivity contribution is 5.94. The maximum absolute atomic E-state index is 12.9. The highest BCUT2D eigenvalue weighted by Gasteiger charge is 2.30. The molecule has 1 aromatic heterocycles. The molecule has 4 unspecified atom stereocenters.